The molecule has 6 nitrogen and oxygen atoms in total. The predicted octanol–water partition coefficient (Wildman–Crippen LogP) is 1.60. The Balaban J connectivity index is 2.56. The molecule has 0 bridgehead atoms. The molecule has 0 fully saturated rings. The Hall–Kier alpha value is -2.24. The quantitative estimate of drug-likeness (QED) is 0.863. The first-order valence-corrected chi connectivity index (χ1v) is 5.83. The number of rotatable bonds is 4. The van der Waals surface area contributed by atoms with Gasteiger partial charge in [0.2, 0.25) is 5.91 Å². The highest BCUT2D eigenvalue weighted by atomic mass is 16.5. The highest BCUT2D eigenvalue weighted by molar-refractivity contribution is 5.97. The fraction of sp³-hybridized carbons (Fsp3) is 0.385. The first-order valence-electron chi connectivity index (χ1n) is 5.83. The number of hydrogen-bond donors (Lipinski definition) is 2. The highest BCUT2D eigenvalue weighted by Gasteiger charge is 2.32. The van der Waals surface area contributed by atoms with Crippen LogP contribution < -0.4 is 14.8 Å². The molecule has 0 aromatic heterocycles. The van der Waals surface area contributed by atoms with E-state index in [4.69, 9.17) is 14.6 Å². The molecule has 1 atom stereocenters. The number of methoxy groups -OCH3 is 2. The lowest BCUT2D eigenvalue weighted by molar-refractivity contribution is -0.137. The first-order chi connectivity index (χ1) is 9.06. The van der Waals surface area contributed by atoms with Crippen molar-refractivity contribution < 1.29 is 24.2 Å². The van der Waals surface area contributed by atoms with Crippen LogP contribution in [-0.4, -0.2) is 31.2 Å². The van der Waals surface area contributed by atoms with Gasteiger partial charge in [0, 0.05) is 17.9 Å². The summed E-state index contributed by atoms with van der Waals surface area (Å²) < 4.78 is 10.5. The van der Waals surface area contributed by atoms with E-state index in [0.29, 0.717) is 22.7 Å². The molecule has 0 saturated heterocycles. The summed E-state index contributed by atoms with van der Waals surface area (Å²) in [5, 5.41) is 11.7. The van der Waals surface area contributed by atoms with Gasteiger partial charge in [0.25, 0.3) is 0 Å². The fourth-order valence-corrected chi connectivity index (χ4v) is 2.36. The molecule has 0 radical (unpaired) electrons. The van der Waals surface area contributed by atoms with E-state index < -0.39 is 11.9 Å². The van der Waals surface area contributed by atoms with Crippen molar-refractivity contribution in [1.29, 1.82) is 0 Å². The van der Waals surface area contributed by atoms with E-state index in [1.54, 1.807) is 12.1 Å². The summed E-state index contributed by atoms with van der Waals surface area (Å²) in [6.07, 6.45) is 0.00672. The smallest absolute Gasteiger partial charge is 0.303 e. The van der Waals surface area contributed by atoms with Gasteiger partial charge in [0.05, 0.1) is 26.3 Å². The minimum atomic E-state index is -0.949. The Kier molecular flexibility index (Phi) is 3.59. The fourth-order valence-electron chi connectivity index (χ4n) is 2.36. The van der Waals surface area contributed by atoms with Gasteiger partial charge in [-0.05, 0) is 12.1 Å². The molecular formula is C13H15NO5. The number of benzene rings is 1. The number of carboxylic acids is 1. The maximum atomic E-state index is 11.7. The zero-order valence-electron chi connectivity index (χ0n) is 10.7. The van der Waals surface area contributed by atoms with Gasteiger partial charge in [-0.25, -0.2) is 0 Å². The molecule has 2 rings (SSSR count). The van der Waals surface area contributed by atoms with Crippen molar-refractivity contribution in [2.45, 2.75) is 18.8 Å². The number of nitrogens with one attached hydrogen (secondary N) is 1. The third-order valence-electron chi connectivity index (χ3n) is 3.13. The largest absolute Gasteiger partial charge is 0.496 e. The predicted molar refractivity (Wildman–Crippen MR) is 67.8 cm³/mol. The minimum absolute atomic E-state index is 0.121. The molecule has 1 aromatic rings. The van der Waals surface area contributed by atoms with Gasteiger partial charge in [-0.2, -0.15) is 0 Å². The van der Waals surface area contributed by atoms with Crippen LogP contribution >= 0.6 is 0 Å². The number of carbonyl (C=O) groups excluding carboxylic acids is 1. The van der Waals surface area contributed by atoms with Crippen molar-refractivity contribution in [3.63, 3.8) is 0 Å². The number of carboxylic acid groups (broad SMARTS) is 1. The molecule has 0 saturated carbocycles. The second-order valence-electron chi connectivity index (χ2n) is 4.31. The second-order valence-corrected chi connectivity index (χ2v) is 4.31. The van der Waals surface area contributed by atoms with Crippen molar-refractivity contribution >= 4 is 17.6 Å². The Bertz CT molecular complexity index is 526. The van der Waals surface area contributed by atoms with Crippen LogP contribution in [0.4, 0.5) is 5.69 Å². The Morgan fingerprint density at radius 2 is 2.00 bits per heavy atom. The number of amides is 1. The summed E-state index contributed by atoms with van der Waals surface area (Å²) in [6, 6.07) is 3.39. The SMILES string of the molecule is COc1ccc(OC)c2c1NC(=O)CC2CC(=O)O. The van der Waals surface area contributed by atoms with E-state index in [0.717, 1.165) is 0 Å². The van der Waals surface area contributed by atoms with Crippen LogP contribution in [0.1, 0.15) is 24.3 Å². The van der Waals surface area contributed by atoms with E-state index in [1.807, 2.05) is 0 Å². The Morgan fingerprint density at radius 3 is 2.58 bits per heavy atom. The summed E-state index contributed by atoms with van der Waals surface area (Å²) in [5.41, 5.74) is 1.19. The summed E-state index contributed by atoms with van der Waals surface area (Å²) in [6.45, 7) is 0. The van der Waals surface area contributed by atoms with Gasteiger partial charge >= 0.3 is 5.97 Å². The topological polar surface area (TPSA) is 84.9 Å². The van der Waals surface area contributed by atoms with E-state index >= 15 is 0 Å². The highest BCUT2D eigenvalue weighted by Crippen LogP contribution is 2.45. The van der Waals surface area contributed by atoms with Gasteiger partial charge in [-0.15, -0.1) is 0 Å². The van der Waals surface area contributed by atoms with Crippen LogP contribution in [0.3, 0.4) is 0 Å². The summed E-state index contributed by atoms with van der Waals surface area (Å²) in [5.74, 6) is -0.520. The summed E-state index contributed by atoms with van der Waals surface area (Å²) in [4.78, 5) is 22.6. The number of anilines is 1. The number of ether oxygens (including phenoxy) is 2. The molecule has 0 aliphatic carbocycles. The molecule has 1 unspecified atom stereocenters. The number of carbonyl (C=O) groups is 2. The third kappa shape index (κ3) is 2.47. The molecule has 1 aliphatic rings. The molecule has 1 aromatic carbocycles. The van der Waals surface area contributed by atoms with E-state index in [9.17, 15) is 9.59 Å². The maximum absolute atomic E-state index is 11.7. The van der Waals surface area contributed by atoms with Crippen LogP contribution in [0.2, 0.25) is 0 Å². The molecule has 6 heteroatoms. The van der Waals surface area contributed by atoms with Crippen LogP contribution in [-0.2, 0) is 9.59 Å². The minimum Gasteiger partial charge on any atom is -0.496 e. The summed E-state index contributed by atoms with van der Waals surface area (Å²) >= 11 is 0. The Morgan fingerprint density at radius 1 is 1.37 bits per heavy atom. The van der Waals surface area contributed by atoms with E-state index in [2.05, 4.69) is 5.32 Å². The lowest BCUT2D eigenvalue weighted by Gasteiger charge is -2.27. The van der Waals surface area contributed by atoms with Crippen LogP contribution in [0.25, 0.3) is 0 Å². The zero-order chi connectivity index (χ0) is 14.0. The van der Waals surface area contributed by atoms with Crippen LogP contribution in [0, 0.1) is 0 Å². The van der Waals surface area contributed by atoms with Crippen LogP contribution in [0.5, 0.6) is 11.5 Å². The van der Waals surface area contributed by atoms with Gasteiger partial charge in [0.1, 0.15) is 11.5 Å². The normalized spacial score (nSPS) is 17.4. The van der Waals surface area contributed by atoms with Gasteiger partial charge in [-0.1, -0.05) is 0 Å². The number of hydrogen-bond acceptors (Lipinski definition) is 4. The van der Waals surface area contributed by atoms with E-state index in [1.165, 1.54) is 14.2 Å². The lowest BCUT2D eigenvalue weighted by Crippen LogP contribution is -2.25. The molecule has 19 heavy (non-hydrogen) atoms. The lowest BCUT2D eigenvalue weighted by atomic mass is 9.87. The van der Waals surface area contributed by atoms with Crippen LogP contribution in [0.15, 0.2) is 12.1 Å². The van der Waals surface area contributed by atoms with Crippen molar-refractivity contribution in [1.82, 2.24) is 0 Å². The molecule has 2 N–H and O–H groups in total. The molecule has 1 heterocycles. The molecule has 1 aliphatic heterocycles. The van der Waals surface area contributed by atoms with E-state index in [-0.39, 0.29) is 18.7 Å². The number of aliphatic carboxylic acids is 1. The first kappa shape index (κ1) is 13.2. The molecule has 102 valence electrons. The average molecular weight is 265 g/mol. The summed E-state index contributed by atoms with van der Waals surface area (Å²) in [7, 11) is 3.01. The third-order valence-corrected chi connectivity index (χ3v) is 3.13. The van der Waals surface area contributed by atoms with Crippen molar-refractivity contribution in [2.75, 3.05) is 19.5 Å². The van der Waals surface area contributed by atoms with Crippen molar-refractivity contribution in [3.05, 3.63) is 17.7 Å². The molecule has 1 amide bonds. The zero-order valence-corrected chi connectivity index (χ0v) is 10.7. The molecular weight excluding hydrogens is 250 g/mol. The standard InChI is InChI=1S/C13H15NO5/c1-18-8-3-4-9(19-2)13-12(8)7(6-11(16)17)5-10(15)14-13/h3-4,7H,5-6H2,1-2H3,(H,14,15)(H,16,17). The van der Waals surface area contributed by atoms with Gasteiger partial charge in [-0.3, -0.25) is 9.59 Å². The molecule has 0 spiro atoms. The maximum Gasteiger partial charge on any atom is 0.303 e. The second kappa shape index (κ2) is 5.17. The number of fused-ring (bicyclic) bond motifs is 1. The van der Waals surface area contributed by atoms with Gasteiger partial charge < -0.3 is 19.9 Å². The average Bonchev–Trinajstić information content (AvgIpc) is 2.36. The van der Waals surface area contributed by atoms with Crippen molar-refractivity contribution in [2.24, 2.45) is 0 Å². The van der Waals surface area contributed by atoms with Crippen molar-refractivity contribution in [3.8, 4) is 11.5 Å². The Labute approximate surface area is 110 Å². The monoisotopic (exact) mass is 265 g/mol. The van der Waals surface area contributed by atoms with Gasteiger partial charge in [0.15, 0.2) is 0 Å².